The summed E-state index contributed by atoms with van der Waals surface area (Å²) in [6.45, 7) is 3.39. The van der Waals surface area contributed by atoms with Gasteiger partial charge in [0.15, 0.2) is 0 Å². The van der Waals surface area contributed by atoms with E-state index < -0.39 is 21.5 Å². The zero-order valence-electron chi connectivity index (χ0n) is 12.0. The van der Waals surface area contributed by atoms with Gasteiger partial charge in [-0.05, 0) is 19.9 Å². The summed E-state index contributed by atoms with van der Waals surface area (Å²) in [7, 11) is -2.49. The molecule has 0 saturated carbocycles. The zero-order chi connectivity index (χ0) is 16.0. The summed E-state index contributed by atoms with van der Waals surface area (Å²) in [6.07, 6.45) is 1.24. The highest BCUT2D eigenvalue weighted by Crippen LogP contribution is 2.27. The molecule has 1 amide bonds. The smallest absolute Gasteiger partial charge is 0.352 e. The van der Waals surface area contributed by atoms with Crippen LogP contribution in [0.25, 0.3) is 0 Å². The normalized spacial score (nSPS) is 19.3. The predicted octanol–water partition coefficient (Wildman–Crippen LogP) is -0.378. The van der Waals surface area contributed by atoms with Crippen LogP contribution in [-0.2, 0) is 21.9 Å². The van der Waals surface area contributed by atoms with Crippen molar-refractivity contribution >= 4 is 21.9 Å². The third kappa shape index (κ3) is 2.42. The molecule has 1 aliphatic heterocycles. The average molecular weight is 315 g/mol. The molecule has 9 heteroatoms. The highest BCUT2D eigenvalue weighted by molar-refractivity contribution is 7.89. The van der Waals surface area contributed by atoms with Crippen molar-refractivity contribution in [3.63, 3.8) is 0 Å². The maximum atomic E-state index is 12.7. The number of nitrogens with one attached hydrogen (secondary N) is 1. The first-order chi connectivity index (χ1) is 9.58. The molecule has 0 bridgehead atoms. The molecule has 8 nitrogen and oxygen atoms in total. The van der Waals surface area contributed by atoms with Crippen molar-refractivity contribution in [2.75, 3.05) is 13.1 Å². The maximum absolute atomic E-state index is 12.7. The Balaban J connectivity index is 2.49. The molecule has 1 aromatic rings. The molecule has 1 aliphatic rings. The Morgan fingerprint density at radius 2 is 2.05 bits per heavy atom. The van der Waals surface area contributed by atoms with Gasteiger partial charge in [0.1, 0.15) is 16.1 Å². The van der Waals surface area contributed by atoms with Crippen LogP contribution in [0.15, 0.2) is 17.2 Å². The van der Waals surface area contributed by atoms with E-state index in [9.17, 15) is 18.0 Å². The molecule has 0 unspecified atom stereocenters. The van der Waals surface area contributed by atoms with Crippen molar-refractivity contribution < 1.29 is 23.1 Å². The molecule has 0 aliphatic carbocycles. The van der Waals surface area contributed by atoms with E-state index in [0.29, 0.717) is 0 Å². The number of piperazine rings is 1. The summed E-state index contributed by atoms with van der Waals surface area (Å²) in [5.41, 5.74) is -1.36. The van der Waals surface area contributed by atoms with Crippen LogP contribution in [0.2, 0.25) is 0 Å². The number of aromatic nitrogens is 1. The monoisotopic (exact) mass is 315 g/mol. The van der Waals surface area contributed by atoms with Gasteiger partial charge in [0.25, 0.3) is 0 Å². The third-order valence-corrected chi connectivity index (χ3v) is 5.60. The fourth-order valence-corrected chi connectivity index (χ4v) is 4.14. The molecular formula is C12H17N3O5S. The number of carbonyl (C=O) groups excluding carboxylic acids is 1. The first-order valence-corrected chi connectivity index (χ1v) is 7.73. The molecule has 0 atom stereocenters. The van der Waals surface area contributed by atoms with Crippen molar-refractivity contribution in [2.45, 2.75) is 24.3 Å². The van der Waals surface area contributed by atoms with Crippen molar-refractivity contribution in [3.8, 4) is 0 Å². The van der Waals surface area contributed by atoms with Crippen molar-refractivity contribution in [1.29, 1.82) is 0 Å². The van der Waals surface area contributed by atoms with Crippen LogP contribution in [0.5, 0.6) is 0 Å². The van der Waals surface area contributed by atoms with Gasteiger partial charge in [-0.15, -0.1) is 0 Å². The number of nitrogens with zero attached hydrogens (tertiary/aromatic N) is 2. The third-order valence-electron chi connectivity index (χ3n) is 3.57. The number of amides is 1. The fraction of sp³-hybridized carbons (Fsp3) is 0.500. The van der Waals surface area contributed by atoms with Crippen LogP contribution in [0.4, 0.5) is 0 Å². The highest BCUT2D eigenvalue weighted by atomic mass is 32.2. The molecule has 1 fully saturated rings. The van der Waals surface area contributed by atoms with E-state index >= 15 is 0 Å². The van der Waals surface area contributed by atoms with E-state index in [4.69, 9.17) is 5.11 Å². The van der Waals surface area contributed by atoms with Gasteiger partial charge in [0, 0.05) is 26.3 Å². The quantitative estimate of drug-likeness (QED) is 0.790. The Hall–Kier alpha value is -1.87. The molecule has 2 heterocycles. The van der Waals surface area contributed by atoms with Crippen LogP contribution in [0.3, 0.4) is 0 Å². The van der Waals surface area contributed by atoms with Gasteiger partial charge in [-0.3, -0.25) is 4.79 Å². The maximum Gasteiger partial charge on any atom is 0.352 e. The van der Waals surface area contributed by atoms with Crippen LogP contribution in [-0.4, -0.2) is 52.9 Å². The molecular weight excluding hydrogens is 298 g/mol. The van der Waals surface area contributed by atoms with Gasteiger partial charge in [-0.25, -0.2) is 13.2 Å². The second kappa shape index (κ2) is 4.85. The fourth-order valence-electron chi connectivity index (χ4n) is 2.32. The van der Waals surface area contributed by atoms with Gasteiger partial charge in [0.2, 0.25) is 15.9 Å². The largest absolute Gasteiger partial charge is 0.477 e. The number of hydrogen-bond donors (Lipinski definition) is 2. The van der Waals surface area contributed by atoms with Gasteiger partial charge in [0.05, 0.1) is 0 Å². The van der Waals surface area contributed by atoms with E-state index in [1.807, 2.05) is 0 Å². The van der Waals surface area contributed by atoms with Crippen molar-refractivity contribution in [2.24, 2.45) is 7.05 Å². The van der Waals surface area contributed by atoms with Gasteiger partial charge in [-0.2, -0.15) is 4.31 Å². The Kier molecular flexibility index (Phi) is 3.58. The van der Waals surface area contributed by atoms with E-state index in [-0.39, 0.29) is 29.6 Å². The number of carboxylic acid groups (broad SMARTS) is 1. The lowest BCUT2D eigenvalue weighted by Crippen LogP contribution is -2.63. The summed E-state index contributed by atoms with van der Waals surface area (Å²) in [4.78, 5) is 22.8. The first-order valence-electron chi connectivity index (χ1n) is 6.29. The minimum absolute atomic E-state index is 0.132. The van der Waals surface area contributed by atoms with Gasteiger partial charge < -0.3 is 15.0 Å². The summed E-state index contributed by atoms with van der Waals surface area (Å²) in [6, 6.07) is 1.10. The number of rotatable bonds is 3. The van der Waals surface area contributed by atoms with E-state index in [1.54, 1.807) is 0 Å². The molecule has 1 saturated heterocycles. The number of hydrogen-bond acceptors (Lipinski definition) is 4. The predicted molar refractivity (Wildman–Crippen MR) is 73.4 cm³/mol. The first kappa shape index (κ1) is 15.5. The minimum atomic E-state index is -3.95. The Morgan fingerprint density at radius 1 is 1.43 bits per heavy atom. The standard InChI is InChI=1S/C12H17N3O5S/c1-12(2)11(18)13-4-5-15(12)21(19,20)8-6-9(10(16)17)14(3)7-8/h6-7H,4-5H2,1-3H3,(H,13,18)(H,16,17). The van der Waals surface area contributed by atoms with Crippen molar-refractivity contribution in [3.05, 3.63) is 18.0 Å². The molecule has 2 rings (SSSR count). The zero-order valence-corrected chi connectivity index (χ0v) is 12.8. The van der Waals surface area contributed by atoms with E-state index in [1.165, 1.54) is 31.7 Å². The van der Waals surface area contributed by atoms with Crippen LogP contribution >= 0.6 is 0 Å². The molecule has 2 N–H and O–H groups in total. The average Bonchev–Trinajstić information content (AvgIpc) is 2.75. The number of sulfonamides is 1. The molecule has 1 aromatic heterocycles. The molecule has 0 aromatic carbocycles. The van der Waals surface area contributed by atoms with Crippen molar-refractivity contribution in [1.82, 2.24) is 14.2 Å². The molecule has 0 radical (unpaired) electrons. The second-order valence-corrected chi connectivity index (χ2v) is 7.23. The Labute approximate surface area is 122 Å². The number of aryl methyl sites for hydroxylation is 1. The van der Waals surface area contributed by atoms with E-state index in [2.05, 4.69) is 5.32 Å². The lowest BCUT2D eigenvalue weighted by Gasteiger charge is -2.39. The molecule has 0 spiro atoms. The van der Waals surface area contributed by atoms with Crippen LogP contribution < -0.4 is 5.32 Å². The summed E-state index contributed by atoms with van der Waals surface area (Å²) >= 11 is 0. The Morgan fingerprint density at radius 3 is 2.57 bits per heavy atom. The SMILES string of the molecule is Cn1cc(S(=O)(=O)N2CCNC(=O)C2(C)C)cc1C(=O)O. The molecule has 116 valence electrons. The number of carboxylic acids is 1. The topological polar surface area (TPSA) is 109 Å². The Bertz CT molecular complexity index is 704. The molecule has 21 heavy (non-hydrogen) atoms. The summed E-state index contributed by atoms with van der Waals surface area (Å²) < 4.78 is 27.7. The summed E-state index contributed by atoms with van der Waals surface area (Å²) in [5, 5.41) is 11.6. The lowest BCUT2D eigenvalue weighted by molar-refractivity contribution is -0.131. The van der Waals surface area contributed by atoms with Gasteiger partial charge >= 0.3 is 5.97 Å². The number of carbonyl (C=O) groups is 2. The van der Waals surface area contributed by atoms with Crippen LogP contribution in [0.1, 0.15) is 24.3 Å². The number of aromatic carboxylic acids is 1. The highest BCUT2D eigenvalue weighted by Gasteiger charge is 2.45. The van der Waals surface area contributed by atoms with Gasteiger partial charge in [-0.1, -0.05) is 0 Å². The van der Waals surface area contributed by atoms with Crippen LogP contribution in [0, 0.1) is 0 Å². The minimum Gasteiger partial charge on any atom is -0.477 e. The second-order valence-electron chi connectivity index (χ2n) is 5.37. The lowest BCUT2D eigenvalue weighted by atomic mass is 10.0. The van der Waals surface area contributed by atoms with E-state index in [0.717, 1.165) is 10.4 Å². The summed E-state index contributed by atoms with van der Waals surface area (Å²) in [5.74, 6) is -1.60.